The number of anilines is 1. The number of para-hydroxylation sites is 1. The van der Waals surface area contributed by atoms with Crippen LogP contribution in [0.2, 0.25) is 5.02 Å². The molecule has 3 aromatic rings. The van der Waals surface area contributed by atoms with E-state index < -0.39 is 23.9 Å². The lowest BCUT2D eigenvalue weighted by molar-refractivity contribution is 0.0318. The van der Waals surface area contributed by atoms with Crippen molar-refractivity contribution in [3.8, 4) is 0 Å². The van der Waals surface area contributed by atoms with Gasteiger partial charge in [0.25, 0.3) is 11.8 Å². The number of esters is 1. The molecule has 3 aromatic carbocycles. The second-order valence-corrected chi connectivity index (χ2v) is 7.34. The van der Waals surface area contributed by atoms with Crippen LogP contribution < -0.4 is 4.90 Å². The number of amides is 2. The Labute approximate surface area is 183 Å². The summed E-state index contributed by atoms with van der Waals surface area (Å²) < 4.78 is 5.29. The summed E-state index contributed by atoms with van der Waals surface area (Å²) in [4.78, 5) is 51.6. The minimum atomic E-state index is -1.01. The Morgan fingerprint density at radius 2 is 1.48 bits per heavy atom. The molecule has 1 atom stereocenters. The van der Waals surface area contributed by atoms with E-state index in [9.17, 15) is 19.2 Å². The van der Waals surface area contributed by atoms with Gasteiger partial charge in [-0.3, -0.25) is 14.4 Å². The second kappa shape index (κ2) is 8.16. The summed E-state index contributed by atoms with van der Waals surface area (Å²) in [5, 5.41) is 0.255. The minimum absolute atomic E-state index is 0.0635. The van der Waals surface area contributed by atoms with E-state index in [-0.39, 0.29) is 33.2 Å². The van der Waals surface area contributed by atoms with Crippen molar-refractivity contribution >= 4 is 40.9 Å². The lowest BCUT2D eigenvalue weighted by Crippen LogP contribution is -2.29. The Bertz CT molecular complexity index is 1220. The number of nitrogens with zero attached hydrogens (tertiary/aromatic N) is 1. The van der Waals surface area contributed by atoms with E-state index >= 15 is 0 Å². The van der Waals surface area contributed by atoms with Gasteiger partial charge in [-0.2, -0.15) is 0 Å². The highest BCUT2D eigenvalue weighted by molar-refractivity contribution is 6.39. The second-order valence-electron chi connectivity index (χ2n) is 6.94. The van der Waals surface area contributed by atoms with Crippen LogP contribution in [0.25, 0.3) is 0 Å². The number of hydrogen-bond acceptors (Lipinski definition) is 5. The van der Waals surface area contributed by atoms with Gasteiger partial charge >= 0.3 is 5.97 Å². The van der Waals surface area contributed by atoms with E-state index in [1.165, 1.54) is 25.1 Å². The van der Waals surface area contributed by atoms with Crippen LogP contribution >= 0.6 is 11.6 Å². The molecule has 0 bridgehead atoms. The topological polar surface area (TPSA) is 80.8 Å². The molecule has 0 fully saturated rings. The summed E-state index contributed by atoms with van der Waals surface area (Å²) in [5.74, 6) is -2.22. The number of imide groups is 1. The number of fused-ring (bicyclic) bond motifs is 1. The number of ketones is 1. The summed E-state index contributed by atoms with van der Waals surface area (Å²) in [5.41, 5.74) is 0.986. The number of carbonyl (C=O) groups excluding carboxylic acids is 4. The van der Waals surface area contributed by atoms with Crippen LogP contribution in [-0.4, -0.2) is 29.7 Å². The Balaban J connectivity index is 1.57. The fraction of sp³-hybridized carbons (Fsp3) is 0.0833. The van der Waals surface area contributed by atoms with Gasteiger partial charge in [0, 0.05) is 5.56 Å². The number of hydrogen-bond donors (Lipinski definition) is 0. The highest BCUT2D eigenvalue weighted by atomic mass is 35.5. The molecule has 0 unspecified atom stereocenters. The van der Waals surface area contributed by atoms with E-state index in [0.29, 0.717) is 5.56 Å². The van der Waals surface area contributed by atoms with E-state index in [1.54, 1.807) is 54.6 Å². The molecule has 0 spiro atoms. The monoisotopic (exact) mass is 433 g/mol. The Hall–Kier alpha value is -3.77. The number of Topliss-reactive ketones (excluding diaryl/α,β-unsaturated/α-hetero) is 1. The maximum atomic E-state index is 12.9. The van der Waals surface area contributed by atoms with Crippen LogP contribution in [0, 0.1) is 0 Å². The lowest BCUT2D eigenvalue weighted by Gasteiger charge is -2.15. The van der Waals surface area contributed by atoms with Crippen LogP contribution in [0.1, 0.15) is 48.4 Å². The number of benzene rings is 3. The zero-order chi connectivity index (χ0) is 22.1. The van der Waals surface area contributed by atoms with E-state index in [2.05, 4.69) is 0 Å². The standard InChI is InChI=1S/C24H16ClNO5/c1-14(21(27)15-7-3-2-4-8-15)31-24(30)16-11-12-17-18(13-16)23(29)26(22(17)28)20-10-6-5-9-19(20)25/h2-14H,1H3/t14-/m0/s1. The predicted molar refractivity (Wildman–Crippen MR) is 115 cm³/mol. The lowest BCUT2D eigenvalue weighted by atomic mass is 10.1. The molecule has 1 heterocycles. The van der Waals surface area contributed by atoms with Crippen molar-refractivity contribution in [2.75, 3.05) is 4.90 Å². The molecule has 7 heteroatoms. The minimum Gasteiger partial charge on any atom is -0.451 e. The fourth-order valence-corrected chi connectivity index (χ4v) is 3.56. The molecule has 0 saturated heterocycles. The highest BCUT2D eigenvalue weighted by Gasteiger charge is 2.38. The van der Waals surface area contributed by atoms with Crippen molar-refractivity contribution in [3.63, 3.8) is 0 Å². The third-order valence-corrected chi connectivity index (χ3v) is 5.25. The van der Waals surface area contributed by atoms with E-state index in [0.717, 1.165) is 4.90 Å². The molecule has 1 aliphatic heterocycles. The molecular formula is C24H16ClNO5. The summed E-state index contributed by atoms with van der Waals surface area (Å²) in [6.45, 7) is 1.48. The zero-order valence-electron chi connectivity index (χ0n) is 16.4. The summed E-state index contributed by atoms with van der Waals surface area (Å²) in [7, 11) is 0. The first-order chi connectivity index (χ1) is 14.9. The van der Waals surface area contributed by atoms with Gasteiger partial charge in [-0.1, -0.05) is 54.1 Å². The largest absolute Gasteiger partial charge is 0.451 e. The van der Waals surface area contributed by atoms with Gasteiger partial charge in [0.15, 0.2) is 6.10 Å². The maximum absolute atomic E-state index is 12.9. The van der Waals surface area contributed by atoms with Crippen molar-refractivity contribution < 1.29 is 23.9 Å². The average Bonchev–Trinajstić information content (AvgIpc) is 3.03. The van der Waals surface area contributed by atoms with Gasteiger partial charge in [-0.05, 0) is 37.3 Å². The first-order valence-corrected chi connectivity index (χ1v) is 9.84. The Morgan fingerprint density at radius 1 is 0.839 bits per heavy atom. The maximum Gasteiger partial charge on any atom is 0.338 e. The predicted octanol–water partition coefficient (Wildman–Crippen LogP) is 4.57. The molecule has 31 heavy (non-hydrogen) atoms. The smallest absolute Gasteiger partial charge is 0.338 e. The van der Waals surface area contributed by atoms with Crippen molar-refractivity contribution in [2.24, 2.45) is 0 Å². The van der Waals surface area contributed by atoms with Crippen LogP contribution in [0.3, 0.4) is 0 Å². The number of ether oxygens (including phenoxy) is 1. The molecule has 0 aliphatic carbocycles. The van der Waals surface area contributed by atoms with Crippen molar-refractivity contribution in [2.45, 2.75) is 13.0 Å². The third-order valence-electron chi connectivity index (χ3n) is 4.93. The van der Waals surface area contributed by atoms with Crippen molar-refractivity contribution in [1.82, 2.24) is 0 Å². The molecule has 0 aromatic heterocycles. The van der Waals surface area contributed by atoms with Crippen LogP contribution in [0.15, 0.2) is 72.8 Å². The Morgan fingerprint density at radius 3 is 2.19 bits per heavy atom. The molecule has 4 rings (SSSR count). The quantitative estimate of drug-likeness (QED) is 0.334. The normalized spacial score (nSPS) is 13.7. The van der Waals surface area contributed by atoms with Gasteiger partial charge in [0.05, 0.1) is 27.4 Å². The molecule has 6 nitrogen and oxygen atoms in total. The SMILES string of the molecule is C[C@H](OC(=O)c1ccc2c(c1)C(=O)N(c1ccccc1Cl)C2=O)C(=O)c1ccccc1. The molecule has 0 radical (unpaired) electrons. The molecule has 154 valence electrons. The van der Waals surface area contributed by atoms with E-state index in [1.807, 2.05) is 0 Å². The van der Waals surface area contributed by atoms with Crippen LogP contribution in [-0.2, 0) is 4.74 Å². The van der Waals surface area contributed by atoms with Gasteiger partial charge in [-0.25, -0.2) is 9.69 Å². The van der Waals surface area contributed by atoms with Crippen molar-refractivity contribution in [1.29, 1.82) is 0 Å². The fourth-order valence-electron chi connectivity index (χ4n) is 3.34. The third kappa shape index (κ3) is 3.73. The van der Waals surface area contributed by atoms with Gasteiger partial charge in [-0.15, -0.1) is 0 Å². The summed E-state index contributed by atoms with van der Waals surface area (Å²) >= 11 is 6.14. The zero-order valence-corrected chi connectivity index (χ0v) is 17.1. The van der Waals surface area contributed by atoms with E-state index in [4.69, 9.17) is 16.3 Å². The molecule has 0 N–H and O–H groups in total. The number of carbonyl (C=O) groups is 4. The highest BCUT2D eigenvalue weighted by Crippen LogP contribution is 2.33. The van der Waals surface area contributed by atoms with Crippen LogP contribution in [0.4, 0.5) is 5.69 Å². The Kier molecular flexibility index (Phi) is 5.40. The first kappa shape index (κ1) is 20.5. The molecule has 1 aliphatic rings. The summed E-state index contributed by atoms with van der Waals surface area (Å²) in [6, 6.07) is 19.1. The van der Waals surface area contributed by atoms with Crippen molar-refractivity contribution in [3.05, 3.63) is 100 Å². The number of halogens is 1. The first-order valence-electron chi connectivity index (χ1n) is 9.46. The van der Waals surface area contributed by atoms with Gasteiger partial charge < -0.3 is 4.74 Å². The number of rotatable bonds is 5. The average molecular weight is 434 g/mol. The van der Waals surface area contributed by atoms with Gasteiger partial charge in [0.1, 0.15) is 0 Å². The van der Waals surface area contributed by atoms with Gasteiger partial charge in [0.2, 0.25) is 5.78 Å². The summed E-state index contributed by atoms with van der Waals surface area (Å²) in [6.07, 6.45) is -1.01. The van der Waals surface area contributed by atoms with Crippen LogP contribution in [0.5, 0.6) is 0 Å². The molecule has 0 saturated carbocycles. The molecular weight excluding hydrogens is 418 g/mol. The molecule has 2 amide bonds.